The number of hydrogen-bond acceptors (Lipinski definition) is 3. The minimum Gasteiger partial charge on any atom is -0.492 e. The van der Waals surface area contributed by atoms with Crippen LogP contribution >= 0.6 is 12.2 Å². The molecule has 0 bridgehead atoms. The maximum absolute atomic E-state index is 12.9. The van der Waals surface area contributed by atoms with Crippen LogP contribution in [0.15, 0.2) is 18.2 Å². The van der Waals surface area contributed by atoms with E-state index in [0.29, 0.717) is 13.2 Å². The van der Waals surface area contributed by atoms with Gasteiger partial charge in [0.15, 0.2) is 0 Å². The number of halogens is 3. The minimum absolute atomic E-state index is 0.147. The van der Waals surface area contributed by atoms with E-state index < -0.39 is 11.7 Å². The summed E-state index contributed by atoms with van der Waals surface area (Å²) in [4.78, 5) is 1.58. The van der Waals surface area contributed by atoms with Crippen LogP contribution in [0, 0.1) is 0 Å². The van der Waals surface area contributed by atoms with Crippen LogP contribution in [0.3, 0.4) is 0 Å². The predicted octanol–water partition coefficient (Wildman–Crippen LogP) is 2.28. The van der Waals surface area contributed by atoms with Crippen molar-refractivity contribution < 1.29 is 17.9 Å². The van der Waals surface area contributed by atoms with Gasteiger partial charge in [0.05, 0.1) is 5.56 Å². The summed E-state index contributed by atoms with van der Waals surface area (Å²) in [7, 11) is 3.70. The SMILES string of the molecule is CN(C)CCOc1ccc(C(N)=S)c(C(F)(F)F)c1. The first-order chi connectivity index (χ1) is 8.71. The highest BCUT2D eigenvalue weighted by molar-refractivity contribution is 7.80. The molecule has 0 atom stereocenters. The molecule has 0 aliphatic rings. The van der Waals surface area contributed by atoms with Gasteiger partial charge in [-0.3, -0.25) is 0 Å². The van der Waals surface area contributed by atoms with Crippen molar-refractivity contribution in [2.75, 3.05) is 27.2 Å². The zero-order valence-electron chi connectivity index (χ0n) is 10.6. The number of alkyl halides is 3. The van der Waals surface area contributed by atoms with Gasteiger partial charge in [0.1, 0.15) is 17.3 Å². The lowest BCUT2D eigenvalue weighted by Gasteiger charge is -2.15. The van der Waals surface area contributed by atoms with E-state index in [0.717, 1.165) is 6.07 Å². The van der Waals surface area contributed by atoms with E-state index in [2.05, 4.69) is 12.2 Å². The first-order valence-electron chi connectivity index (χ1n) is 5.50. The predicted molar refractivity (Wildman–Crippen MR) is 71.4 cm³/mol. The second-order valence-electron chi connectivity index (χ2n) is 4.22. The van der Waals surface area contributed by atoms with E-state index in [1.54, 1.807) is 0 Å². The van der Waals surface area contributed by atoms with Crippen LogP contribution in [-0.4, -0.2) is 37.1 Å². The lowest BCUT2D eigenvalue weighted by molar-refractivity contribution is -0.137. The van der Waals surface area contributed by atoms with Gasteiger partial charge in [0, 0.05) is 12.1 Å². The van der Waals surface area contributed by atoms with Crippen molar-refractivity contribution in [3.8, 4) is 5.75 Å². The molecular formula is C12H15F3N2OS. The molecule has 0 radical (unpaired) electrons. The Balaban J connectivity index is 2.96. The lowest BCUT2D eigenvalue weighted by atomic mass is 10.1. The van der Waals surface area contributed by atoms with Gasteiger partial charge in [-0.2, -0.15) is 13.2 Å². The Hall–Kier alpha value is -1.34. The lowest BCUT2D eigenvalue weighted by Crippen LogP contribution is -2.20. The van der Waals surface area contributed by atoms with Crippen molar-refractivity contribution in [1.29, 1.82) is 0 Å². The molecule has 0 aliphatic heterocycles. The molecule has 3 nitrogen and oxygen atoms in total. The van der Waals surface area contributed by atoms with Crippen LogP contribution in [0.25, 0.3) is 0 Å². The Labute approximate surface area is 115 Å². The number of hydrogen-bond donors (Lipinski definition) is 1. The first-order valence-corrected chi connectivity index (χ1v) is 5.91. The number of rotatable bonds is 5. The van der Waals surface area contributed by atoms with Gasteiger partial charge in [-0.05, 0) is 32.3 Å². The highest BCUT2D eigenvalue weighted by Gasteiger charge is 2.34. The van der Waals surface area contributed by atoms with Crippen molar-refractivity contribution >= 4 is 17.2 Å². The van der Waals surface area contributed by atoms with Gasteiger partial charge >= 0.3 is 6.18 Å². The second kappa shape index (κ2) is 6.21. The molecule has 19 heavy (non-hydrogen) atoms. The van der Waals surface area contributed by atoms with Crippen molar-refractivity contribution in [1.82, 2.24) is 4.90 Å². The second-order valence-corrected chi connectivity index (χ2v) is 4.66. The Morgan fingerprint density at radius 2 is 2.00 bits per heavy atom. The molecule has 7 heteroatoms. The molecule has 0 saturated carbocycles. The monoisotopic (exact) mass is 292 g/mol. The number of nitrogens with two attached hydrogens (primary N) is 1. The molecule has 0 aromatic heterocycles. The normalized spacial score (nSPS) is 11.7. The van der Waals surface area contributed by atoms with E-state index in [9.17, 15) is 13.2 Å². The van der Waals surface area contributed by atoms with Gasteiger partial charge in [0.25, 0.3) is 0 Å². The molecule has 0 unspecified atom stereocenters. The molecule has 0 fully saturated rings. The molecule has 0 heterocycles. The number of likely N-dealkylation sites (N-methyl/N-ethyl adjacent to an activating group) is 1. The van der Waals surface area contributed by atoms with Crippen molar-refractivity contribution in [2.45, 2.75) is 6.18 Å². The smallest absolute Gasteiger partial charge is 0.417 e. The maximum atomic E-state index is 12.9. The molecule has 0 amide bonds. The summed E-state index contributed by atoms with van der Waals surface area (Å²) in [5, 5.41) is 0. The fraction of sp³-hybridized carbons (Fsp3) is 0.417. The Morgan fingerprint density at radius 3 is 2.47 bits per heavy atom. The summed E-state index contributed by atoms with van der Waals surface area (Å²) in [6.07, 6.45) is -4.51. The van der Waals surface area contributed by atoms with Gasteiger partial charge in [0.2, 0.25) is 0 Å². The number of thiocarbonyl (C=S) groups is 1. The summed E-state index contributed by atoms with van der Waals surface area (Å²) < 4.78 is 43.8. The summed E-state index contributed by atoms with van der Waals surface area (Å²) >= 11 is 4.61. The summed E-state index contributed by atoms with van der Waals surface area (Å²) in [6, 6.07) is 3.58. The van der Waals surface area contributed by atoms with Gasteiger partial charge in [-0.25, -0.2) is 0 Å². The molecule has 106 valence electrons. The molecule has 0 spiro atoms. The number of benzene rings is 1. The molecule has 1 aromatic rings. The summed E-state index contributed by atoms with van der Waals surface area (Å²) in [6.45, 7) is 0.912. The van der Waals surface area contributed by atoms with Crippen LogP contribution in [0.2, 0.25) is 0 Å². The third kappa shape index (κ3) is 4.68. The quantitative estimate of drug-likeness (QED) is 0.845. The topological polar surface area (TPSA) is 38.5 Å². The Morgan fingerprint density at radius 1 is 1.37 bits per heavy atom. The summed E-state index contributed by atoms with van der Waals surface area (Å²) in [5.74, 6) is 0.147. The van der Waals surface area contributed by atoms with Crippen molar-refractivity contribution in [3.63, 3.8) is 0 Å². The first kappa shape index (κ1) is 15.7. The van der Waals surface area contributed by atoms with E-state index in [1.807, 2.05) is 19.0 Å². The highest BCUT2D eigenvalue weighted by atomic mass is 32.1. The maximum Gasteiger partial charge on any atom is 0.417 e. The molecular weight excluding hydrogens is 277 g/mol. The average Bonchev–Trinajstić information content (AvgIpc) is 2.27. The van der Waals surface area contributed by atoms with Crippen molar-refractivity contribution in [2.24, 2.45) is 5.73 Å². The molecule has 0 aliphatic carbocycles. The Kier molecular flexibility index (Phi) is 5.13. The zero-order chi connectivity index (χ0) is 14.6. The molecule has 0 saturated heterocycles. The Bertz CT molecular complexity index is 461. The number of ether oxygens (including phenoxy) is 1. The molecule has 1 rings (SSSR count). The standard InChI is InChI=1S/C12H15F3N2OS/c1-17(2)5-6-18-8-3-4-9(11(16)19)10(7-8)12(13,14)15/h3-4,7H,5-6H2,1-2H3,(H2,16,19). The fourth-order valence-corrected chi connectivity index (χ4v) is 1.59. The summed E-state index contributed by atoms with van der Waals surface area (Å²) in [5.41, 5.74) is 4.22. The van der Waals surface area contributed by atoms with Crippen LogP contribution < -0.4 is 10.5 Å². The largest absolute Gasteiger partial charge is 0.492 e. The molecule has 2 N–H and O–H groups in total. The fourth-order valence-electron chi connectivity index (χ4n) is 1.41. The third-order valence-corrected chi connectivity index (χ3v) is 2.59. The average molecular weight is 292 g/mol. The zero-order valence-corrected chi connectivity index (χ0v) is 11.4. The number of nitrogens with zero attached hydrogens (tertiary/aromatic N) is 1. The highest BCUT2D eigenvalue weighted by Crippen LogP contribution is 2.34. The van der Waals surface area contributed by atoms with Crippen LogP contribution in [0.1, 0.15) is 11.1 Å². The van der Waals surface area contributed by atoms with E-state index in [4.69, 9.17) is 10.5 Å². The van der Waals surface area contributed by atoms with Gasteiger partial charge < -0.3 is 15.4 Å². The van der Waals surface area contributed by atoms with Gasteiger partial charge in [-0.15, -0.1) is 0 Å². The van der Waals surface area contributed by atoms with E-state index >= 15 is 0 Å². The van der Waals surface area contributed by atoms with Crippen LogP contribution in [-0.2, 0) is 6.18 Å². The minimum atomic E-state index is -4.51. The van der Waals surface area contributed by atoms with E-state index in [1.165, 1.54) is 12.1 Å². The van der Waals surface area contributed by atoms with Gasteiger partial charge in [-0.1, -0.05) is 12.2 Å². The van der Waals surface area contributed by atoms with Crippen LogP contribution in [0.5, 0.6) is 5.75 Å². The van der Waals surface area contributed by atoms with E-state index in [-0.39, 0.29) is 16.3 Å². The third-order valence-electron chi connectivity index (χ3n) is 2.37. The van der Waals surface area contributed by atoms with Crippen molar-refractivity contribution in [3.05, 3.63) is 29.3 Å². The molecule has 1 aromatic carbocycles. The van der Waals surface area contributed by atoms with Crippen LogP contribution in [0.4, 0.5) is 13.2 Å².